The Bertz CT molecular complexity index is 219. The molecule has 2 atom stereocenters. The Labute approximate surface area is 97.2 Å². The summed E-state index contributed by atoms with van der Waals surface area (Å²) in [6.45, 7) is 8.29. The third-order valence-corrected chi connectivity index (χ3v) is 3.13. The van der Waals surface area contributed by atoms with Crippen molar-refractivity contribution in [1.82, 2.24) is 15.5 Å². The third kappa shape index (κ3) is 4.08. The van der Waals surface area contributed by atoms with Crippen LogP contribution in [0.25, 0.3) is 0 Å². The van der Waals surface area contributed by atoms with Crippen LogP contribution in [0.4, 0.5) is 0 Å². The maximum atomic E-state index is 11.6. The van der Waals surface area contributed by atoms with Crippen molar-refractivity contribution in [3.05, 3.63) is 0 Å². The Balaban J connectivity index is 2.19. The fourth-order valence-corrected chi connectivity index (χ4v) is 1.88. The zero-order valence-electron chi connectivity index (χ0n) is 10.2. The molecule has 94 valence electrons. The largest absolute Gasteiger partial charge is 0.391 e. The van der Waals surface area contributed by atoms with E-state index in [-0.39, 0.29) is 17.9 Å². The van der Waals surface area contributed by atoms with E-state index >= 15 is 0 Å². The molecule has 0 aliphatic carbocycles. The quantitative estimate of drug-likeness (QED) is 0.548. The van der Waals surface area contributed by atoms with Gasteiger partial charge in [0, 0.05) is 25.6 Å². The Morgan fingerprint density at radius 3 is 2.62 bits per heavy atom. The first-order chi connectivity index (χ1) is 7.67. The molecule has 0 aromatic carbocycles. The third-order valence-electron chi connectivity index (χ3n) is 3.13. The van der Waals surface area contributed by atoms with Crippen molar-refractivity contribution in [2.24, 2.45) is 5.92 Å². The highest BCUT2D eigenvalue weighted by atomic mass is 16.3. The number of aliphatic hydroxyl groups is 1. The smallest absolute Gasteiger partial charge is 0.234 e. The standard InChI is InChI=1S/C11H23N3O2/c1-3-14(4-2)8-11(16)13-6-9-5-12-7-10(9)15/h9-10,12,15H,3-8H2,1-2H3,(H,13,16). The Kier molecular flexibility index (Phi) is 5.73. The number of hydrogen-bond acceptors (Lipinski definition) is 4. The Hall–Kier alpha value is -0.650. The minimum atomic E-state index is -0.325. The van der Waals surface area contributed by atoms with Gasteiger partial charge < -0.3 is 15.7 Å². The van der Waals surface area contributed by atoms with Crippen LogP contribution >= 0.6 is 0 Å². The Morgan fingerprint density at radius 2 is 2.12 bits per heavy atom. The molecule has 1 fully saturated rings. The second kappa shape index (κ2) is 6.83. The van der Waals surface area contributed by atoms with Crippen LogP contribution in [0, 0.1) is 5.92 Å². The number of likely N-dealkylation sites (N-methyl/N-ethyl adjacent to an activating group) is 1. The lowest BCUT2D eigenvalue weighted by atomic mass is 10.1. The van der Waals surface area contributed by atoms with E-state index in [1.165, 1.54) is 0 Å². The van der Waals surface area contributed by atoms with Crippen molar-refractivity contribution in [2.75, 3.05) is 39.3 Å². The van der Waals surface area contributed by atoms with Crippen molar-refractivity contribution in [1.29, 1.82) is 0 Å². The summed E-state index contributed by atoms with van der Waals surface area (Å²) in [5, 5.41) is 15.5. The van der Waals surface area contributed by atoms with Crippen LogP contribution in [0.3, 0.4) is 0 Å². The summed E-state index contributed by atoms with van der Waals surface area (Å²) in [6, 6.07) is 0. The van der Waals surface area contributed by atoms with Gasteiger partial charge in [-0.3, -0.25) is 9.69 Å². The molecule has 3 N–H and O–H groups in total. The fraction of sp³-hybridized carbons (Fsp3) is 0.909. The zero-order valence-corrected chi connectivity index (χ0v) is 10.2. The SMILES string of the molecule is CCN(CC)CC(=O)NCC1CNCC1O. The molecule has 1 saturated heterocycles. The second-order valence-electron chi connectivity index (χ2n) is 4.25. The summed E-state index contributed by atoms with van der Waals surface area (Å²) in [6.07, 6.45) is -0.325. The number of rotatable bonds is 6. The van der Waals surface area contributed by atoms with Crippen molar-refractivity contribution in [3.8, 4) is 0 Å². The van der Waals surface area contributed by atoms with Gasteiger partial charge in [0.05, 0.1) is 12.6 Å². The zero-order chi connectivity index (χ0) is 12.0. The van der Waals surface area contributed by atoms with E-state index in [1.807, 2.05) is 13.8 Å². The van der Waals surface area contributed by atoms with E-state index in [0.29, 0.717) is 19.6 Å². The van der Waals surface area contributed by atoms with E-state index in [9.17, 15) is 9.90 Å². The van der Waals surface area contributed by atoms with Crippen molar-refractivity contribution >= 4 is 5.91 Å². The van der Waals surface area contributed by atoms with Crippen molar-refractivity contribution in [3.63, 3.8) is 0 Å². The highest BCUT2D eigenvalue weighted by Gasteiger charge is 2.24. The lowest BCUT2D eigenvalue weighted by Crippen LogP contribution is -2.40. The Morgan fingerprint density at radius 1 is 1.44 bits per heavy atom. The van der Waals surface area contributed by atoms with E-state index in [4.69, 9.17) is 0 Å². The lowest BCUT2D eigenvalue weighted by Gasteiger charge is -2.19. The number of hydrogen-bond donors (Lipinski definition) is 3. The summed E-state index contributed by atoms with van der Waals surface area (Å²) < 4.78 is 0. The molecule has 16 heavy (non-hydrogen) atoms. The molecule has 0 bridgehead atoms. The first-order valence-electron chi connectivity index (χ1n) is 6.05. The van der Waals surface area contributed by atoms with Gasteiger partial charge in [0.2, 0.25) is 5.91 Å². The summed E-state index contributed by atoms with van der Waals surface area (Å²) in [5.74, 6) is 0.198. The first kappa shape index (κ1) is 13.4. The topological polar surface area (TPSA) is 64.6 Å². The molecule has 1 heterocycles. The normalized spacial score (nSPS) is 25.0. The molecule has 1 aliphatic rings. The van der Waals surface area contributed by atoms with Gasteiger partial charge in [0.25, 0.3) is 0 Å². The van der Waals surface area contributed by atoms with Crippen LogP contribution in [-0.4, -0.2) is 61.3 Å². The first-order valence-corrected chi connectivity index (χ1v) is 6.05. The van der Waals surface area contributed by atoms with Gasteiger partial charge in [0.1, 0.15) is 0 Å². The van der Waals surface area contributed by atoms with Gasteiger partial charge in [-0.25, -0.2) is 0 Å². The molecule has 1 aliphatic heterocycles. The molecular weight excluding hydrogens is 206 g/mol. The molecule has 0 aromatic rings. The van der Waals surface area contributed by atoms with Gasteiger partial charge in [-0.15, -0.1) is 0 Å². The van der Waals surface area contributed by atoms with Crippen LogP contribution < -0.4 is 10.6 Å². The van der Waals surface area contributed by atoms with E-state index in [1.54, 1.807) is 0 Å². The number of aliphatic hydroxyl groups excluding tert-OH is 1. The number of carbonyl (C=O) groups excluding carboxylic acids is 1. The van der Waals surface area contributed by atoms with E-state index in [2.05, 4.69) is 15.5 Å². The summed E-state index contributed by atoms with van der Waals surface area (Å²) in [7, 11) is 0. The number of amides is 1. The van der Waals surface area contributed by atoms with Crippen LogP contribution in [0.5, 0.6) is 0 Å². The number of carbonyl (C=O) groups is 1. The second-order valence-corrected chi connectivity index (χ2v) is 4.25. The monoisotopic (exact) mass is 229 g/mol. The number of nitrogens with one attached hydrogen (secondary N) is 2. The van der Waals surface area contributed by atoms with Crippen LogP contribution in [0.1, 0.15) is 13.8 Å². The van der Waals surface area contributed by atoms with Crippen molar-refractivity contribution in [2.45, 2.75) is 20.0 Å². The molecule has 5 nitrogen and oxygen atoms in total. The molecule has 0 saturated carbocycles. The van der Waals surface area contributed by atoms with Gasteiger partial charge in [-0.05, 0) is 13.1 Å². The van der Waals surface area contributed by atoms with Crippen LogP contribution in [0.15, 0.2) is 0 Å². The molecule has 2 unspecified atom stereocenters. The van der Waals surface area contributed by atoms with Crippen LogP contribution in [0.2, 0.25) is 0 Å². The number of nitrogens with zero attached hydrogens (tertiary/aromatic N) is 1. The molecule has 1 rings (SSSR count). The molecule has 0 radical (unpaired) electrons. The summed E-state index contributed by atoms with van der Waals surface area (Å²) >= 11 is 0. The van der Waals surface area contributed by atoms with E-state index < -0.39 is 0 Å². The van der Waals surface area contributed by atoms with Crippen LogP contribution in [-0.2, 0) is 4.79 Å². The lowest BCUT2D eigenvalue weighted by molar-refractivity contribution is -0.122. The molecule has 0 spiro atoms. The van der Waals surface area contributed by atoms with Crippen molar-refractivity contribution < 1.29 is 9.90 Å². The van der Waals surface area contributed by atoms with Gasteiger partial charge in [-0.1, -0.05) is 13.8 Å². The highest BCUT2D eigenvalue weighted by molar-refractivity contribution is 5.78. The molecule has 0 aromatic heterocycles. The predicted molar refractivity (Wildman–Crippen MR) is 63.2 cm³/mol. The van der Waals surface area contributed by atoms with Gasteiger partial charge in [-0.2, -0.15) is 0 Å². The van der Waals surface area contributed by atoms with E-state index in [0.717, 1.165) is 19.6 Å². The fourth-order valence-electron chi connectivity index (χ4n) is 1.88. The average molecular weight is 229 g/mol. The summed E-state index contributed by atoms with van der Waals surface area (Å²) in [5.41, 5.74) is 0. The molecule has 5 heteroatoms. The highest BCUT2D eigenvalue weighted by Crippen LogP contribution is 2.06. The maximum absolute atomic E-state index is 11.6. The average Bonchev–Trinajstić information content (AvgIpc) is 2.69. The molecular formula is C11H23N3O2. The maximum Gasteiger partial charge on any atom is 0.234 e. The number of β-amino-alcohol motifs (C(OH)–C–C–N with tert-alkyl or cyclic N) is 1. The minimum absolute atomic E-state index is 0.0443. The van der Waals surface area contributed by atoms with Gasteiger partial charge >= 0.3 is 0 Å². The molecule has 1 amide bonds. The predicted octanol–water partition coefficient (Wildman–Crippen LogP) is -0.975. The van der Waals surface area contributed by atoms with Gasteiger partial charge in [0.15, 0.2) is 0 Å². The minimum Gasteiger partial charge on any atom is -0.391 e. The summed E-state index contributed by atoms with van der Waals surface area (Å²) in [4.78, 5) is 13.6.